The Balaban J connectivity index is 1.00. The summed E-state index contributed by atoms with van der Waals surface area (Å²) >= 11 is 0. The van der Waals surface area contributed by atoms with E-state index in [1.54, 1.807) is 13.8 Å². The zero-order valence-electron chi connectivity index (χ0n) is 51.9. The first-order chi connectivity index (χ1) is 44.9. The standard InChI is InChI=1S/C55H95NO39/c1-14-17(4)82-23(10-61)41(28(14)66)89-48-15(2)29(67)42(24(11-62)86-48)90-51-39(77)45(92-50-38(76)36(74)32(70)20(7-58)83-50)35(73)26(88-51)13-81-53-47(37(75)33(71)21(8-59)85-53)93-49-16(3)30(68)43(25(12-63)87-49)91-52-40(78)46(34(72)22(9-60)84-52)95-55(54(79)80)5-18(64)27(56)44(94-55)31(69)19(65)6-57/h14-53,57-78H,5-13,56H2,1-4H3,(H,79,80)/t14?,15?,16?,17-,18+,19+,20+,21?,22?,23?,24?,25-,26?,27+,28+,29+,30?,31+,32+,33+,34-,35+,36?,37?,38?,39?,40-,41+,42+,43+,44?,45-,46?,47+,48-,49-,50+,51-,52-,53-,55-/m0/s1. The van der Waals surface area contributed by atoms with Crippen LogP contribution in [0.4, 0.5) is 0 Å². The van der Waals surface area contributed by atoms with E-state index in [1.165, 1.54) is 13.8 Å². The normalized spacial score (nSPS) is 51.6. The third-order valence-electron chi connectivity index (χ3n) is 19.1. The summed E-state index contributed by atoms with van der Waals surface area (Å²) in [4.78, 5) is 12.9. The van der Waals surface area contributed by atoms with E-state index in [9.17, 15) is 122 Å². The minimum atomic E-state index is -3.11. The molecule has 40 nitrogen and oxygen atoms in total. The van der Waals surface area contributed by atoms with Crippen molar-refractivity contribution >= 4 is 5.97 Å². The number of carboxylic acids is 1. The lowest BCUT2D eigenvalue weighted by Gasteiger charge is -2.51. The number of hydrogen-bond donors (Lipinski definition) is 24. The topological polar surface area (TPSA) is 647 Å². The maximum atomic E-state index is 12.9. The molecule has 25 N–H and O–H groups in total. The summed E-state index contributed by atoms with van der Waals surface area (Å²) in [7, 11) is 0. The molecule has 0 aromatic carbocycles. The fourth-order valence-electron chi connectivity index (χ4n) is 12.8. The second-order valence-electron chi connectivity index (χ2n) is 25.3. The molecule has 0 spiro atoms. The number of hydrogen-bond acceptors (Lipinski definition) is 39. The highest BCUT2D eigenvalue weighted by molar-refractivity contribution is 5.76. The molecule has 0 aliphatic carbocycles. The predicted octanol–water partition coefficient (Wildman–Crippen LogP) is -14.4. The molecular weight excluding hydrogens is 1300 g/mol. The number of carbonyl (C=O) groups is 1. The minimum absolute atomic E-state index is 0.499. The summed E-state index contributed by atoms with van der Waals surface area (Å²) in [5.74, 6) is -8.12. The summed E-state index contributed by atoms with van der Waals surface area (Å²) in [5, 5.41) is 250. The Kier molecular flexibility index (Phi) is 27.6. The molecule has 0 aromatic heterocycles. The summed E-state index contributed by atoms with van der Waals surface area (Å²) in [6.07, 6.45) is -67.1. The van der Waals surface area contributed by atoms with E-state index in [2.05, 4.69) is 0 Å². The van der Waals surface area contributed by atoms with Gasteiger partial charge in [0.15, 0.2) is 37.7 Å². The van der Waals surface area contributed by atoms with Gasteiger partial charge < -0.3 is 194 Å². The number of carboxylic acid groups (broad SMARTS) is 1. The molecule has 8 saturated heterocycles. The average molecular weight is 1390 g/mol. The molecule has 8 fully saturated rings. The van der Waals surface area contributed by atoms with Crippen LogP contribution < -0.4 is 5.73 Å². The quantitative estimate of drug-likeness (QED) is 0.0404. The first-order valence-electron chi connectivity index (χ1n) is 31.2. The monoisotopic (exact) mass is 1390 g/mol. The highest BCUT2D eigenvalue weighted by Gasteiger charge is 2.61. The van der Waals surface area contributed by atoms with Crippen molar-refractivity contribution in [3.63, 3.8) is 0 Å². The van der Waals surface area contributed by atoms with Crippen molar-refractivity contribution in [1.82, 2.24) is 0 Å². The minimum Gasteiger partial charge on any atom is -0.477 e. The number of aliphatic hydroxyl groups is 22. The molecule has 95 heavy (non-hydrogen) atoms. The fourth-order valence-corrected chi connectivity index (χ4v) is 12.8. The number of aliphatic carboxylic acids is 1. The van der Waals surface area contributed by atoms with Crippen molar-refractivity contribution in [1.29, 1.82) is 0 Å². The van der Waals surface area contributed by atoms with Crippen LogP contribution >= 0.6 is 0 Å². The Hall–Kier alpha value is -2.05. The van der Waals surface area contributed by atoms with Crippen LogP contribution in [0.5, 0.6) is 0 Å². The van der Waals surface area contributed by atoms with Crippen LogP contribution in [0.2, 0.25) is 0 Å². The van der Waals surface area contributed by atoms with E-state index in [1.807, 2.05) is 0 Å². The lowest BCUT2D eigenvalue weighted by Crippen LogP contribution is -2.70. The molecule has 0 amide bonds. The van der Waals surface area contributed by atoms with Gasteiger partial charge in [-0.05, 0) is 6.92 Å². The van der Waals surface area contributed by atoms with Crippen LogP contribution in [-0.2, 0) is 75.8 Å². The third kappa shape index (κ3) is 16.3. The van der Waals surface area contributed by atoms with Gasteiger partial charge in [-0.25, -0.2) is 4.79 Å². The summed E-state index contributed by atoms with van der Waals surface area (Å²) in [6.45, 7) is -1.55. The van der Waals surface area contributed by atoms with Crippen molar-refractivity contribution in [3.05, 3.63) is 0 Å². The van der Waals surface area contributed by atoms with Crippen molar-refractivity contribution < 1.29 is 193 Å². The van der Waals surface area contributed by atoms with Crippen LogP contribution in [0.1, 0.15) is 34.1 Å². The van der Waals surface area contributed by atoms with Crippen LogP contribution in [-0.4, -0.2) is 409 Å². The van der Waals surface area contributed by atoms with Crippen LogP contribution in [0.3, 0.4) is 0 Å². The second-order valence-corrected chi connectivity index (χ2v) is 25.3. The van der Waals surface area contributed by atoms with Crippen LogP contribution in [0, 0.1) is 17.8 Å². The Bertz CT molecular complexity index is 2360. The molecule has 0 radical (unpaired) electrons. The first-order valence-corrected chi connectivity index (χ1v) is 31.2. The van der Waals surface area contributed by atoms with Gasteiger partial charge in [0.1, 0.15) is 153 Å². The molecule has 0 bridgehead atoms. The average Bonchev–Trinajstić information content (AvgIpc) is 0.769. The van der Waals surface area contributed by atoms with Crippen molar-refractivity contribution in [3.8, 4) is 0 Å². The van der Waals surface area contributed by atoms with E-state index < -0.39 is 316 Å². The van der Waals surface area contributed by atoms with Gasteiger partial charge in [0.25, 0.3) is 5.79 Å². The van der Waals surface area contributed by atoms with Gasteiger partial charge in [-0.2, -0.15) is 0 Å². The molecule has 0 saturated carbocycles. The number of aliphatic hydroxyl groups excluding tert-OH is 22. The summed E-state index contributed by atoms with van der Waals surface area (Å²) in [6, 6.07) is -1.61. The van der Waals surface area contributed by atoms with Crippen LogP contribution in [0.25, 0.3) is 0 Å². The predicted molar refractivity (Wildman–Crippen MR) is 297 cm³/mol. The van der Waals surface area contributed by atoms with Gasteiger partial charge in [-0.3, -0.25) is 0 Å². The molecule has 8 aliphatic rings. The second kappa shape index (κ2) is 33.4. The molecule has 40 heteroatoms. The Morgan fingerprint density at radius 2 is 0.821 bits per heavy atom. The Labute approximate surface area is 541 Å². The lowest BCUT2D eigenvalue weighted by atomic mass is 9.88. The smallest absolute Gasteiger partial charge is 0.364 e. The van der Waals surface area contributed by atoms with Crippen molar-refractivity contribution in [2.45, 2.75) is 267 Å². The lowest BCUT2D eigenvalue weighted by molar-refractivity contribution is -0.395. The number of rotatable bonds is 25. The first kappa shape index (κ1) is 78.7. The largest absolute Gasteiger partial charge is 0.477 e. The molecule has 8 aliphatic heterocycles. The third-order valence-corrected chi connectivity index (χ3v) is 19.1. The van der Waals surface area contributed by atoms with E-state index in [-0.39, 0.29) is 0 Å². The number of nitrogens with two attached hydrogens (primary N) is 1. The van der Waals surface area contributed by atoms with Crippen molar-refractivity contribution in [2.75, 3.05) is 52.9 Å². The van der Waals surface area contributed by atoms with E-state index in [4.69, 9.17) is 76.8 Å². The van der Waals surface area contributed by atoms with E-state index >= 15 is 0 Å². The van der Waals surface area contributed by atoms with E-state index in [0.29, 0.717) is 0 Å². The summed E-state index contributed by atoms with van der Waals surface area (Å²) < 4.78 is 88.4. The van der Waals surface area contributed by atoms with Gasteiger partial charge in [-0.1, -0.05) is 20.8 Å². The van der Waals surface area contributed by atoms with Gasteiger partial charge in [0.2, 0.25) is 0 Å². The SMILES string of the molecule is CC1C(O)[C@H](O[C@@H]2OC(CO)[C@H](O)C(O[C@]3(C(=O)O)C[C@@H](O)[C@@H](N)C([C@H](O)[C@H](O)CO)O3)[C@@H]2O)[C@H](CO)O[C@H]1O[C@@H]1C(O)[C@H](O)C(CO)O[C@@H]1OCC1O[C@@H](O[C@@H]2C(CO)O[C@@H](O[C@@H]3C(CO)O[C@@H](C)C(C)[C@H]3O)C(C)[C@H]2O)C(O)[C@@H](O[C@H]2O[C@H](CO)[C@@H](O)C(O)C2O)[C@@H]1O. The van der Waals surface area contributed by atoms with Gasteiger partial charge >= 0.3 is 5.97 Å². The van der Waals surface area contributed by atoms with Gasteiger partial charge in [-0.15, -0.1) is 0 Å². The van der Waals surface area contributed by atoms with E-state index in [0.717, 1.165) is 0 Å². The molecule has 8 rings (SSSR count). The number of ether oxygens (including phenoxy) is 15. The Morgan fingerprint density at radius 1 is 0.432 bits per heavy atom. The molecule has 0 aromatic rings. The highest BCUT2D eigenvalue weighted by atomic mass is 16.8. The molecule has 8 heterocycles. The van der Waals surface area contributed by atoms with Crippen LogP contribution in [0.15, 0.2) is 0 Å². The molecule has 15 unspecified atom stereocenters. The highest BCUT2D eigenvalue weighted by Crippen LogP contribution is 2.42. The maximum Gasteiger partial charge on any atom is 0.364 e. The van der Waals surface area contributed by atoms with Crippen molar-refractivity contribution in [2.24, 2.45) is 23.5 Å². The molecule has 554 valence electrons. The maximum absolute atomic E-state index is 12.9. The molecule has 41 atom stereocenters. The Morgan fingerprint density at radius 3 is 1.32 bits per heavy atom. The zero-order valence-corrected chi connectivity index (χ0v) is 51.9. The fraction of sp³-hybridized carbons (Fsp3) is 0.982. The van der Waals surface area contributed by atoms with Gasteiger partial charge in [0, 0.05) is 24.2 Å². The summed E-state index contributed by atoms with van der Waals surface area (Å²) in [5.41, 5.74) is 5.97. The molecular formula is C55H95NO39. The van der Waals surface area contributed by atoms with Gasteiger partial charge in [0.05, 0.1) is 89.4 Å². The zero-order chi connectivity index (χ0) is 70.1.